The molecule has 156 valence electrons. The van der Waals surface area contributed by atoms with Gasteiger partial charge in [-0.2, -0.15) is 0 Å². The number of aryl methyl sites for hydroxylation is 1. The van der Waals surface area contributed by atoms with E-state index in [2.05, 4.69) is 15.4 Å². The molecule has 0 spiro atoms. The topological polar surface area (TPSA) is 69.0 Å². The zero-order valence-electron chi connectivity index (χ0n) is 17.4. The lowest BCUT2D eigenvalue weighted by Crippen LogP contribution is -2.15. The van der Waals surface area contributed by atoms with Crippen molar-refractivity contribution in [3.63, 3.8) is 0 Å². The molecule has 0 aliphatic heterocycles. The average molecular weight is 433 g/mol. The number of anilines is 1. The Morgan fingerprint density at radius 2 is 1.74 bits per heavy atom. The first-order chi connectivity index (χ1) is 15.0. The van der Waals surface area contributed by atoms with Gasteiger partial charge in [-0.3, -0.25) is 4.79 Å². The Morgan fingerprint density at radius 1 is 1.00 bits per heavy atom. The number of aromatic nitrogens is 3. The van der Waals surface area contributed by atoms with Crippen molar-refractivity contribution in [1.82, 2.24) is 14.8 Å². The second-order valence-electron chi connectivity index (χ2n) is 7.05. The number of nitrogens with one attached hydrogen (secondary N) is 1. The van der Waals surface area contributed by atoms with Crippen molar-refractivity contribution in [1.29, 1.82) is 0 Å². The molecule has 4 rings (SSSR count). The van der Waals surface area contributed by atoms with Crippen LogP contribution in [0.2, 0.25) is 5.02 Å². The first-order valence-electron chi connectivity index (χ1n) is 9.72. The van der Waals surface area contributed by atoms with Gasteiger partial charge in [0.25, 0.3) is 5.91 Å². The quantitative estimate of drug-likeness (QED) is 0.454. The summed E-state index contributed by atoms with van der Waals surface area (Å²) in [6, 6.07) is 20.4. The third kappa shape index (κ3) is 4.15. The third-order valence-corrected chi connectivity index (χ3v) is 5.41. The highest BCUT2D eigenvalue weighted by Crippen LogP contribution is 2.27. The Balaban J connectivity index is 1.78. The summed E-state index contributed by atoms with van der Waals surface area (Å²) in [5.41, 5.74) is 4.22. The number of carbonyl (C=O) groups excluding carboxylic acids is 1. The minimum Gasteiger partial charge on any atom is -0.497 e. The zero-order chi connectivity index (χ0) is 22.0. The summed E-state index contributed by atoms with van der Waals surface area (Å²) in [6.45, 7) is 3.96. The lowest BCUT2D eigenvalue weighted by Gasteiger charge is -2.08. The molecule has 0 saturated carbocycles. The van der Waals surface area contributed by atoms with Gasteiger partial charge in [0.2, 0.25) is 5.82 Å². The number of halogens is 1. The van der Waals surface area contributed by atoms with Crippen LogP contribution in [0.4, 0.5) is 5.69 Å². The van der Waals surface area contributed by atoms with Gasteiger partial charge in [0.05, 0.1) is 17.8 Å². The molecule has 0 bridgehead atoms. The number of hydrogen-bond donors (Lipinski definition) is 1. The van der Waals surface area contributed by atoms with Crippen LogP contribution >= 0.6 is 11.6 Å². The number of nitrogens with zero attached hydrogens (tertiary/aromatic N) is 3. The van der Waals surface area contributed by atoms with Gasteiger partial charge in [-0.05, 0) is 67.4 Å². The van der Waals surface area contributed by atoms with E-state index in [4.69, 9.17) is 16.3 Å². The zero-order valence-corrected chi connectivity index (χ0v) is 18.1. The summed E-state index contributed by atoms with van der Waals surface area (Å²) >= 11 is 6.41. The predicted octanol–water partition coefficient (Wildman–Crippen LogP) is 5.47. The molecule has 0 aliphatic carbocycles. The summed E-state index contributed by atoms with van der Waals surface area (Å²) in [5.74, 6) is 0.878. The molecule has 0 unspecified atom stereocenters. The summed E-state index contributed by atoms with van der Waals surface area (Å²) in [6.07, 6.45) is 0. The fourth-order valence-electron chi connectivity index (χ4n) is 3.19. The van der Waals surface area contributed by atoms with E-state index in [0.29, 0.717) is 16.5 Å². The fraction of sp³-hybridized carbons (Fsp3) is 0.125. The highest BCUT2D eigenvalue weighted by molar-refractivity contribution is 6.32. The van der Waals surface area contributed by atoms with Crippen molar-refractivity contribution in [3.05, 3.63) is 88.7 Å². The molecule has 1 amide bonds. The first-order valence-corrected chi connectivity index (χ1v) is 10.1. The van der Waals surface area contributed by atoms with Gasteiger partial charge in [-0.15, -0.1) is 5.10 Å². The summed E-state index contributed by atoms with van der Waals surface area (Å²) < 4.78 is 6.83. The Morgan fingerprint density at radius 3 is 2.45 bits per heavy atom. The third-order valence-electron chi connectivity index (χ3n) is 5.09. The summed E-state index contributed by atoms with van der Waals surface area (Å²) in [7, 11) is 1.61. The largest absolute Gasteiger partial charge is 0.497 e. The average Bonchev–Trinajstić information content (AvgIpc) is 3.22. The van der Waals surface area contributed by atoms with Crippen molar-refractivity contribution in [2.45, 2.75) is 13.8 Å². The highest BCUT2D eigenvalue weighted by Gasteiger charge is 2.20. The van der Waals surface area contributed by atoms with Crippen LogP contribution < -0.4 is 10.1 Å². The van der Waals surface area contributed by atoms with Crippen LogP contribution in [0, 0.1) is 13.8 Å². The molecule has 1 N–H and O–H groups in total. The molecular formula is C24H21ClN4O2. The molecule has 0 atom stereocenters. The molecule has 7 heteroatoms. The van der Waals surface area contributed by atoms with E-state index in [-0.39, 0.29) is 5.82 Å². The van der Waals surface area contributed by atoms with E-state index in [0.717, 1.165) is 28.1 Å². The lowest BCUT2D eigenvalue weighted by atomic mass is 10.1. The molecule has 1 aromatic heterocycles. The van der Waals surface area contributed by atoms with Gasteiger partial charge in [-0.25, -0.2) is 9.67 Å². The molecule has 4 aromatic rings. The van der Waals surface area contributed by atoms with E-state index in [1.54, 1.807) is 17.9 Å². The van der Waals surface area contributed by atoms with Crippen LogP contribution in [0.1, 0.15) is 21.7 Å². The number of carbonyl (C=O) groups is 1. The molecule has 0 fully saturated rings. The Bertz CT molecular complexity index is 1250. The van der Waals surface area contributed by atoms with Gasteiger partial charge >= 0.3 is 0 Å². The molecule has 31 heavy (non-hydrogen) atoms. The van der Waals surface area contributed by atoms with E-state index in [1.807, 2.05) is 74.5 Å². The molecule has 0 saturated heterocycles. The minimum atomic E-state index is -0.394. The maximum absolute atomic E-state index is 13.0. The van der Waals surface area contributed by atoms with E-state index in [9.17, 15) is 4.79 Å². The highest BCUT2D eigenvalue weighted by atomic mass is 35.5. The Hall–Kier alpha value is -3.64. The van der Waals surface area contributed by atoms with Crippen LogP contribution in [0.5, 0.6) is 5.75 Å². The Labute approximate surface area is 185 Å². The van der Waals surface area contributed by atoms with Gasteiger partial charge in [-0.1, -0.05) is 35.9 Å². The molecule has 1 heterocycles. The van der Waals surface area contributed by atoms with Crippen LogP contribution in [-0.4, -0.2) is 27.8 Å². The second-order valence-corrected chi connectivity index (χ2v) is 7.46. The van der Waals surface area contributed by atoms with Gasteiger partial charge in [0.15, 0.2) is 5.82 Å². The fourth-order valence-corrected chi connectivity index (χ4v) is 3.41. The van der Waals surface area contributed by atoms with Crippen LogP contribution in [0.3, 0.4) is 0 Å². The molecule has 6 nitrogen and oxygen atoms in total. The number of hydrogen-bond acceptors (Lipinski definition) is 4. The van der Waals surface area contributed by atoms with Crippen LogP contribution in [0.15, 0.2) is 66.7 Å². The maximum Gasteiger partial charge on any atom is 0.295 e. The SMILES string of the molecule is COc1ccc(-c2nc(C(=O)Nc3cccc(C)c3C)nn2-c2ccccc2Cl)cc1. The smallest absolute Gasteiger partial charge is 0.295 e. The lowest BCUT2D eigenvalue weighted by molar-refractivity contribution is 0.101. The van der Waals surface area contributed by atoms with Gasteiger partial charge < -0.3 is 10.1 Å². The predicted molar refractivity (Wildman–Crippen MR) is 122 cm³/mol. The van der Waals surface area contributed by atoms with Crippen molar-refractivity contribution < 1.29 is 9.53 Å². The number of methoxy groups -OCH3 is 1. The van der Waals surface area contributed by atoms with Gasteiger partial charge in [0, 0.05) is 11.3 Å². The normalized spacial score (nSPS) is 10.7. The maximum atomic E-state index is 13.0. The van der Waals surface area contributed by atoms with Gasteiger partial charge in [0.1, 0.15) is 5.75 Å². The molecule has 3 aromatic carbocycles. The number of ether oxygens (including phenoxy) is 1. The monoisotopic (exact) mass is 432 g/mol. The molecular weight excluding hydrogens is 412 g/mol. The standard InChI is InChI=1S/C24H21ClN4O2/c1-15-7-6-9-20(16(15)2)26-24(30)22-27-23(17-11-13-18(31-3)14-12-17)29(28-22)21-10-5-4-8-19(21)25/h4-14H,1-3H3,(H,26,30). The number of rotatable bonds is 5. The van der Waals surface area contributed by atoms with E-state index in [1.165, 1.54) is 0 Å². The number of amides is 1. The van der Waals surface area contributed by atoms with Crippen molar-refractivity contribution in [2.75, 3.05) is 12.4 Å². The second kappa shape index (κ2) is 8.62. The first kappa shape index (κ1) is 20.6. The summed E-state index contributed by atoms with van der Waals surface area (Å²) in [4.78, 5) is 17.5. The number of para-hydroxylation sites is 1. The van der Waals surface area contributed by atoms with Crippen molar-refractivity contribution >= 4 is 23.2 Å². The number of benzene rings is 3. The van der Waals surface area contributed by atoms with E-state index < -0.39 is 5.91 Å². The molecule has 0 radical (unpaired) electrons. The van der Waals surface area contributed by atoms with Crippen LogP contribution in [0.25, 0.3) is 17.1 Å². The Kier molecular flexibility index (Phi) is 5.73. The van der Waals surface area contributed by atoms with Crippen molar-refractivity contribution in [2.24, 2.45) is 0 Å². The van der Waals surface area contributed by atoms with Crippen molar-refractivity contribution in [3.8, 4) is 22.8 Å². The van der Waals surface area contributed by atoms with Crippen LogP contribution in [-0.2, 0) is 0 Å². The molecule has 0 aliphatic rings. The summed E-state index contributed by atoms with van der Waals surface area (Å²) in [5, 5.41) is 7.90. The minimum absolute atomic E-state index is 0.0478. The van der Waals surface area contributed by atoms with E-state index >= 15 is 0 Å².